The van der Waals surface area contributed by atoms with Crippen molar-refractivity contribution in [2.24, 2.45) is 0 Å². The third kappa shape index (κ3) is 3.28. The Morgan fingerprint density at radius 1 is 1.00 bits per heavy atom. The molecule has 0 saturated carbocycles. The molecule has 4 nitrogen and oxygen atoms in total. The lowest BCUT2D eigenvalue weighted by Gasteiger charge is -2.09. The Hall–Kier alpha value is -2.62. The molecule has 21 heavy (non-hydrogen) atoms. The summed E-state index contributed by atoms with van der Waals surface area (Å²) in [6.07, 6.45) is 6.56. The lowest BCUT2D eigenvalue weighted by Crippen LogP contribution is -2.01. The summed E-state index contributed by atoms with van der Waals surface area (Å²) >= 11 is 0. The third-order valence-electron chi connectivity index (χ3n) is 3.21. The highest BCUT2D eigenvalue weighted by Crippen LogP contribution is 2.22. The Balaban J connectivity index is 1.81. The molecule has 0 spiro atoms. The molecule has 0 aliphatic carbocycles. The van der Waals surface area contributed by atoms with E-state index in [-0.39, 0.29) is 0 Å². The molecule has 0 fully saturated rings. The van der Waals surface area contributed by atoms with Crippen LogP contribution in [0.3, 0.4) is 0 Å². The number of hydrogen-bond donors (Lipinski definition) is 2. The predicted octanol–water partition coefficient (Wildman–Crippen LogP) is 4.20. The van der Waals surface area contributed by atoms with Crippen molar-refractivity contribution in [1.29, 1.82) is 0 Å². The van der Waals surface area contributed by atoms with Gasteiger partial charge < -0.3 is 10.6 Å². The molecular formula is C17H18N4. The third-order valence-corrected chi connectivity index (χ3v) is 3.21. The van der Waals surface area contributed by atoms with Gasteiger partial charge in [-0.05, 0) is 36.8 Å². The van der Waals surface area contributed by atoms with E-state index in [4.69, 9.17) is 0 Å². The van der Waals surface area contributed by atoms with Gasteiger partial charge in [-0.3, -0.25) is 9.97 Å². The number of anilines is 3. The zero-order valence-corrected chi connectivity index (χ0v) is 12.0. The van der Waals surface area contributed by atoms with E-state index >= 15 is 0 Å². The number of nitrogens with one attached hydrogen (secondary N) is 2. The van der Waals surface area contributed by atoms with E-state index in [0.29, 0.717) is 0 Å². The van der Waals surface area contributed by atoms with E-state index in [1.165, 1.54) is 0 Å². The van der Waals surface area contributed by atoms with Gasteiger partial charge in [0.05, 0.1) is 29.3 Å². The molecule has 1 aromatic carbocycles. The van der Waals surface area contributed by atoms with Crippen LogP contribution in [0.15, 0.2) is 55.0 Å². The highest BCUT2D eigenvalue weighted by Gasteiger charge is 2.00. The zero-order valence-electron chi connectivity index (χ0n) is 12.0. The summed E-state index contributed by atoms with van der Waals surface area (Å²) in [7, 11) is 0. The number of aromatic nitrogens is 2. The maximum Gasteiger partial charge on any atom is 0.0703 e. The number of benzene rings is 1. The van der Waals surface area contributed by atoms with Gasteiger partial charge in [-0.15, -0.1) is 0 Å². The average molecular weight is 278 g/mol. The van der Waals surface area contributed by atoms with Gasteiger partial charge in [0.1, 0.15) is 0 Å². The highest BCUT2D eigenvalue weighted by atomic mass is 14.9. The van der Waals surface area contributed by atoms with E-state index in [1.54, 1.807) is 0 Å². The molecule has 106 valence electrons. The summed E-state index contributed by atoms with van der Waals surface area (Å²) in [5.74, 6) is 0. The fourth-order valence-corrected chi connectivity index (χ4v) is 2.19. The van der Waals surface area contributed by atoms with Gasteiger partial charge in [-0.2, -0.15) is 0 Å². The Morgan fingerprint density at radius 2 is 1.90 bits per heavy atom. The average Bonchev–Trinajstić information content (AvgIpc) is 2.53. The quantitative estimate of drug-likeness (QED) is 0.734. The molecule has 0 atom stereocenters. The van der Waals surface area contributed by atoms with E-state index in [9.17, 15) is 0 Å². The maximum atomic E-state index is 4.33. The summed E-state index contributed by atoms with van der Waals surface area (Å²) in [6.45, 7) is 3.10. The van der Waals surface area contributed by atoms with Crippen molar-refractivity contribution in [1.82, 2.24) is 9.97 Å². The molecule has 3 aromatic rings. The van der Waals surface area contributed by atoms with Crippen molar-refractivity contribution in [3.63, 3.8) is 0 Å². The first-order valence-electron chi connectivity index (χ1n) is 7.16. The molecule has 0 radical (unpaired) electrons. The van der Waals surface area contributed by atoms with E-state index < -0.39 is 0 Å². The second-order valence-corrected chi connectivity index (χ2v) is 4.92. The second kappa shape index (κ2) is 6.22. The van der Waals surface area contributed by atoms with Crippen LogP contribution < -0.4 is 10.6 Å². The van der Waals surface area contributed by atoms with Crippen LogP contribution in [0.4, 0.5) is 17.1 Å². The van der Waals surface area contributed by atoms with Crippen molar-refractivity contribution in [3.05, 3.63) is 55.0 Å². The molecule has 2 aromatic heterocycles. The number of nitrogens with zero attached hydrogens (tertiary/aromatic N) is 2. The molecule has 0 saturated heterocycles. The summed E-state index contributed by atoms with van der Waals surface area (Å²) in [4.78, 5) is 8.59. The molecule has 2 heterocycles. The van der Waals surface area contributed by atoms with Gasteiger partial charge in [0.15, 0.2) is 0 Å². The lowest BCUT2D eigenvalue weighted by atomic mass is 10.2. The van der Waals surface area contributed by atoms with Crippen molar-refractivity contribution in [2.45, 2.75) is 13.3 Å². The van der Waals surface area contributed by atoms with Crippen molar-refractivity contribution >= 4 is 28.0 Å². The molecular weight excluding hydrogens is 260 g/mol. The summed E-state index contributed by atoms with van der Waals surface area (Å²) in [5.41, 5.74) is 4.04. The van der Waals surface area contributed by atoms with E-state index in [2.05, 4.69) is 45.7 Å². The van der Waals surface area contributed by atoms with Crippen LogP contribution in [0.5, 0.6) is 0 Å². The van der Waals surface area contributed by atoms with E-state index in [1.807, 2.05) is 36.8 Å². The Kier molecular flexibility index (Phi) is 3.96. The topological polar surface area (TPSA) is 49.8 Å². The molecule has 0 bridgehead atoms. The molecule has 0 unspecified atom stereocenters. The maximum absolute atomic E-state index is 4.33. The monoisotopic (exact) mass is 278 g/mol. The van der Waals surface area contributed by atoms with E-state index in [0.717, 1.165) is 40.9 Å². The largest absolute Gasteiger partial charge is 0.384 e. The normalized spacial score (nSPS) is 10.5. The predicted molar refractivity (Wildman–Crippen MR) is 88.0 cm³/mol. The summed E-state index contributed by atoms with van der Waals surface area (Å²) in [6, 6.07) is 12.2. The molecule has 0 aliphatic heterocycles. The second-order valence-electron chi connectivity index (χ2n) is 4.92. The number of fused-ring (bicyclic) bond motifs is 1. The SMILES string of the molecule is CCCNc1cncc(Nc2ccc3ncccc3c2)c1. The minimum Gasteiger partial charge on any atom is -0.384 e. The van der Waals surface area contributed by atoms with Crippen molar-refractivity contribution in [3.8, 4) is 0 Å². The van der Waals surface area contributed by atoms with Gasteiger partial charge >= 0.3 is 0 Å². The van der Waals surface area contributed by atoms with Crippen LogP contribution in [0.25, 0.3) is 10.9 Å². The standard InChI is InChI=1S/C17H18N4/c1-2-7-19-15-10-16(12-18-11-15)21-14-5-6-17-13(9-14)4-3-8-20-17/h3-6,8-12,19,21H,2,7H2,1H3. The summed E-state index contributed by atoms with van der Waals surface area (Å²) in [5, 5.41) is 7.84. The Bertz CT molecular complexity index is 739. The van der Waals surface area contributed by atoms with Crippen LogP contribution in [-0.2, 0) is 0 Å². The molecule has 4 heteroatoms. The molecule has 0 aliphatic rings. The first kappa shape index (κ1) is 13.4. The highest BCUT2D eigenvalue weighted by molar-refractivity contribution is 5.83. The van der Waals surface area contributed by atoms with Crippen LogP contribution in [0.1, 0.15) is 13.3 Å². The zero-order chi connectivity index (χ0) is 14.5. The Morgan fingerprint density at radius 3 is 2.81 bits per heavy atom. The number of rotatable bonds is 5. The summed E-state index contributed by atoms with van der Waals surface area (Å²) < 4.78 is 0. The first-order valence-corrected chi connectivity index (χ1v) is 7.16. The van der Waals surface area contributed by atoms with Gasteiger partial charge in [-0.1, -0.05) is 13.0 Å². The van der Waals surface area contributed by atoms with Crippen LogP contribution in [0, 0.1) is 0 Å². The fourth-order valence-electron chi connectivity index (χ4n) is 2.19. The van der Waals surface area contributed by atoms with Crippen LogP contribution in [-0.4, -0.2) is 16.5 Å². The van der Waals surface area contributed by atoms with Gasteiger partial charge in [0, 0.05) is 23.8 Å². The molecule has 0 amide bonds. The van der Waals surface area contributed by atoms with Crippen LogP contribution >= 0.6 is 0 Å². The van der Waals surface area contributed by atoms with Gasteiger partial charge in [0.2, 0.25) is 0 Å². The smallest absolute Gasteiger partial charge is 0.0703 e. The van der Waals surface area contributed by atoms with Crippen LogP contribution in [0.2, 0.25) is 0 Å². The minimum atomic E-state index is 0.951. The minimum absolute atomic E-state index is 0.951. The lowest BCUT2D eigenvalue weighted by molar-refractivity contribution is 0.978. The first-order chi connectivity index (χ1) is 10.3. The van der Waals surface area contributed by atoms with Gasteiger partial charge in [-0.25, -0.2) is 0 Å². The molecule has 2 N–H and O–H groups in total. The Labute approximate surface area is 124 Å². The van der Waals surface area contributed by atoms with Crippen molar-refractivity contribution < 1.29 is 0 Å². The molecule has 3 rings (SSSR count). The fraction of sp³-hybridized carbons (Fsp3) is 0.176. The number of hydrogen-bond acceptors (Lipinski definition) is 4. The van der Waals surface area contributed by atoms with Gasteiger partial charge in [0.25, 0.3) is 0 Å². The number of pyridine rings is 2. The van der Waals surface area contributed by atoms with Crippen molar-refractivity contribution in [2.75, 3.05) is 17.2 Å².